The van der Waals surface area contributed by atoms with Crippen molar-refractivity contribution in [3.8, 4) is 33.4 Å². The molecule has 0 saturated heterocycles. The fourth-order valence-corrected chi connectivity index (χ4v) is 8.02. The van der Waals surface area contributed by atoms with Gasteiger partial charge in [-0.3, -0.25) is 0 Å². The maximum atomic E-state index is 2.41. The number of benzene rings is 8. The van der Waals surface area contributed by atoms with E-state index >= 15 is 0 Å². The first-order chi connectivity index (χ1) is 26.4. The Hall–Kier alpha value is -6.64. The second-order valence-corrected chi connectivity index (χ2v) is 14.8. The smallest absolute Gasteiger partial charge is 0.0462 e. The lowest BCUT2D eigenvalue weighted by atomic mass is 9.81. The van der Waals surface area contributed by atoms with Crippen LogP contribution in [-0.4, -0.2) is 0 Å². The van der Waals surface area contributed by atoms with Crippen LogP contribution in [0, 0.1) is 6.92 Å². The van der Waals surface area contributed by atoms with Gasteiger partial charge in [0.15, 0.2) is 0 Å². The zero-order valence-electron chi connectivity index (χ0n) is 30.9. The fourth-order valence-electron chi connectivity index (χ4n) is 8.02. The number of hydrogen-bond acceptors (Lipinski definition) is 2. The van der Waals surface area contributed by atoms with E-state index < -0.39 is 0 Å². The van der Waals surface area contributed by atoms with Gasteiger partial charge in [-0.15, -0.1) is 0 Å². The second-order valence-electron chi connectivity index (χ2n) is 14.8. The summed E-state index contributed by atoms with van der Waals surface area (Å²) in [6.45, 7) is 6.87. The first-order valence-electron chi connectivity index (χ1n) is 18.8. The maximum absolute atomic E-state index is 2.41. The van der Waals surface area contributed by atoms with Crippen LogP contribution in [0.25, 0.3) is 33.4 Å². The molecule has 0 bridgehead atoms. The zero-order chi connectivity index (χ0) is 36.6. The minimum atomic E-state index is -0.135. The summed E-state index contributed by atoms with van der Waals surface area (Å²) in [7, 11) is 0. The van der Waals surface area contributed by atoms with Gasteiger partial charge >= 0.3 is 0 Å². The van der Waals surface area contributed by atoms with Crippen molar-refractivity contribution < 1.29 is 0 Å². The minimum absolute atomic E-state index is 0.135. The highest BCUT2D eigenvalue weighted by atomic mass is 15.1. The number of nitrogens with zero attached hydrogens (tertiary/aromatic N) is 2. The third-order valence-corrected chi connectivity index (χ3v) is 10.9. The summed E-state index contributed by atoms with van der Waals surface area (Å²) in [5, 5.41) is 0. The van der Waals surface area contributed by atoms with Crippen molar-refractivity contribution in [2.24, 2.45) is 0 Å². The minimum Gasteiger partial charge on any atom is -0.311 e. The van der Waals surface area contributed by atoms with Gasteiger partial charge in [0, 0.05) is 39.5 Å². The van der Waals surface area contributed by atoms with Gasteiger partial charge in [0.2, 0.25) is 0 Å². The summed E-state index contributed by atoms with van der Waals surface area (Å²) in [6, 6.07) is 72.5. The number of para-hydroxylation sites is 3. The summed E-state index contributed by atoms with van der Waals surface area (Å²) in [5.74, 6) is 0. The summed E-state index contributed by atoms with van der Waals surface area (Å²) in [5.41, 5.74) is 18.3. The van der Waals surface area contributed by atoms with Crippen molar-refractivity contribution in [1.29, 1.82) is 0 Å². The molecule has 0 aromatic heterocycles. The van der Waals surface area contributed by atoms with E-state index in [9.17, 15) is 0 Å². The molecule has 2 heteroatoms. The van der Waals surface area contributed by atoms with Crippen LogP contribution < -0.4 is 9.80 Å². The Kier molecular flexibility index (Phi) is 8.44. The van der Waals surface area contributed by atoms with Gasteiger partial charge in [0.25, 0.3) is 0 Å². The molecule has 260 valence electrons. The molecular formula is C52H42N2. The average molecular weight is 695 g/mol. The summed E-state index contributed by atoms with van der Waals surface area (Å²) < 4.78 is 0. The Bertz CT molecular complexity index is 2500. The molecule has 2 nitrogen and oxygen atoms in total. The van der Waals surface area contributed by atoms with Gasteiger partial charge in [-0.25, -0.2) is 0 Å². The van der Waals surface area contributed by atoms with E-state index in [1.807, 2.05) is 0 Å². The van der Waals surface area contributed by atoms with Gasteiger partial charge < -0.3 is 9.80 Å². The molecule has 0 heterocycles. The van der Waals surface area contributed by atoms with E-state index in [4.69, 9.17) is 0 Å². The Morgan fingerprint density at radius 3 is 0.963 bits per heavy atom. The lowest BCUT2D eigenvalue weighted by Crippen LogP contribution is -2.15. The molecule has 1 aliphatic carbocycles. The molecule has 8 aromatic carbocycles. The van der Waals surface area contributed by atoms with E-state index in [2.05, 4.69) is 231 Å². The van der Waals surface area contributed by atoms with E-state index in [1.54, 1.807) is 0 Å². The van der Waals surface area contributed by atoms with Gasteiger partial charge in [-0.2, -0.15) is 0 Å². The topological polar surface area (TPSA) is 6.48 Å². The lowest BCUT2D eigenvalue weighted by Gasteiger charge is -2.26. The molecule has 0 atom stereocenters. The van der Waals surface area contributed by atoms with Crippen LogP contribution in [-0.2, 0) is 5.41 Å². The Labute approximate surface area is 319 Å². The second kappa shape index (κ2) is 13.7. The molecule has 8 aromatic rings. The zero-order valence-corrected chi connectivity index (χ0v) is 30.9. The molecule has 1 aliphatic rings. The van der Waals surface area contributed by atoms with Gasteiger partial charge in [-0.05, 0) is 136 Å². The van der Waals surface area contributed by atoms with Crippen LogP contribution in [0.3, 0.4) is 0 Å². The number of rotatable bonds is 8. The van der Waals surface area contributed by atoms with E-state index in [0.29, 0.717) is 0 Å². The molecule has 9 rings (SSSR count). The van der Waals surface area contributed by atoms with E-state index in [-0.39, 0.29) is 5.41 Å². The van der Waals surface area contributed by atoms with Crippen molar-refractivity contribution in [2.45, 2.75) is 26.2 Å². The standard InChI is InChI=1S/C52H42N2/c1-37-19-27-45(28-20-37)54(44-17-11-6-12-18-44)47-31-23-39(24-32-47)41-26-34-49-48-33-25-40(35-50(48)52(2,3)51(49)36-41)38-21-29-46(30-22-38)53(42-13-7-4-8-14-42)43-15-9-5-10-16-43/h4-36H,1-3H3. The molecule has 0 radical (unpaired) electrons. The first kappa shape index (κ1) is 33.2. The predicted octanol–water partition coefficient (Wildman–Crippen LogP) is 14.6. The normalized spacial score (nSPS) is 12.5. The van der Waals surface area contributed by atoms with Crippen molar-refractivity contribution in [2.75, 3.05) is 9.80 Å². The van der Waals surface area contributed by atoms with Crippen molar-refractivity contribution >= 4 is 34.1 Å². The highest BCUT2D eigenvalue weighted by molar-refractivity contribution is 5.87. The molecule has 0 fully saturated rings. The fraction of sp³-hybridized carbons (Fsp3) is 0.0769. The van der Waals surface area contributed by atoms with Crippen LogP contribution in [0.2, 0.25) is 0 Å². The van der Waals surface area contributed by atoms with Crippen LogP contribution in [0.15, 0.2) is 200 Å². The number of aryl methyl sites for hydroxylation is 1. The van der Waals surface area contributed by atoms with Crippen LogP contribution in [0.1, 0.15) is 30.5 Å². The first-order valence-corrected chi connectivity index (χ1v) is 18.8. The largest absolute Gasteiger partial charge is 0.311 e. The third-order valence-electron chi connectivity index (χ3n) is 10.9. The highest BCUT2D eigenvalue weighted by Crippen LogP contribution is 2.51. The maximum Gasteiger partial charge on any atom is 0.0462 e. The van der Waals surface area contributed by atoms with Crippen molar-refractivity contribution in [1.82, 2.24) is 0 Å². The molecule has 0 spiro atoms. The monoisotopic (exact) mass is 694 g/mol. The number of hydrogen-bond donors (Lipinski definition) is 0. The van der Waals surface area contributed by atoms with Crippen molar-refractivity contribution in [3.05, 3.63) is 217 Å². The van der Waals surface area contributed by atoms with Crippen LogP contribution in [0.5, 0.6) is 0 Å². The highest BCUT2D eigenvalue weighted by Gasteiger charge is 2.36. The summed E-state index contributed by atoms with van der Waals surface area (Å²) in [4.78, 5) is 4.63. The summed E-state index contributed by atoms with van der Waals surface area (Å²) >= 11 is 0. The SMILES string of the molecule is Cc1ccc(N(c2ccccc2)c2ccc(-c3ccc4c(c3)C(C)(C)c3cc(-c5ccc(N(c6ccccc6)c6ccccc6)cc5)ccc3-4)cc2)cc1. The van der Waals surface area contributed by atoms with Crippen molar-refractivity contribution in [3.63, 3.8) is 0 Å². The molecule has 0 saturated carbocycles. The molecule has 0 aliphatic heterocycles. The molecule has 0 unspecified atom stereocenters. The predicted molar refractivity (Wildman–Crippen MR) is 229 cm³/mol. The molecule has 0 amide bonds. The quantitative estimate of drug-likeness (QED) is 0.156. The van der Waals surface area contributed by atoms with Crippen LogP contribution in [0.4, 0.5) is 34.1 Å². The summed E-state index contributed by atoms with van der Waals surface area (Å²) in [6.07, 6.45) is 0. The van der Waals surface area contributed by atoms with E-state index in [0.717, 1.165) is 34.1 Å². The average Bonchev–Trinajstić information content (AvgIpc) is 3.45. The van der Waals surface area contributed by atoms with Crippen LogP contribution >= 0.6 is 0 Å². The molecular weight excluding hydrogens is 653 g/mol. The number of anilines is 6. The molecule has 0 N–H and O–H groups in total. The van der Waals surface area contributed by atoms with Gasteiger partial charge in [-0.1, -0.05) is 135 Å². The number of fused-ring (bicyclic) bond motifs is 3. The molecule has 54 heavy (non-hydrogen) atoms. The van der Waals surface area contributed by atoms with Gasteiger partial charge in [0.05, 0.1) is 0 Å². The third kappa shape index (κ3) is 6.06. The van der Waals surface area contributed by atoms with E-state index in [1.165, 1.54) is 50.1 Å². The lowest BCUT2D eigenvalue weighted by molar-refractivity contribution is 0.661. The Balaban J connectivity index is 1.00. The Morgan fingerprint density at radius 2 is 0.611 bits per heavy atom. The van der Waals surface area contributed by atoms with Gasteiger partial charge in [0.1, 0.15) is 0 Å². The Morgan fingerprint density at radius 1 is 0.315 bits per heavy atom.